The van der Waals surface area contributed by atoms with Gasteiger partial charge >= 0.3 is 0 Å². The molecule has 28 heavy (non-hydrogen) atoms. The lowest BCUT2D eigenvalue weighted by atomic mass is 10.2. The van der Waals surface area contributed by atoms with E-state index < -0.39 is 5.25 Å². The van der Waals surface area contributed by atoms with E-state index in [1.54, 1.807) is 25.2 Å². The Kier molecular flexibility index (Phi) is 6.21. The Morgan fingerprint density at radius 2 is 2.04 bits per heavy atom. The summed E-state index contributed by atoms with van der Waals surface area (Å²) in [5, 5.41) is 3.03. The van der Waals surface area contributed by atoms with Crippen LogP contribution in [0.15, 0.2) is 47.5 Å². The molecule has 0 bridgehead atoms. The second kappa shape index (κ2) is 8.62. The number of hydrogen-bond donors (Lipinski definition) is 1. The standard InChI is InChI=1S/C19H17ClFN3O3S/c1-24-18(26)16(28-19(24)22-13-6-4-12(21)5-7-13)10-17(25)23-14-9-11(20)3-8-15(14)27-2/h3-9,16H,10H2,1-2H3,(H,23,25)/t16-/m0/s1. The van der Waals surface area contributed by atoms with Crippen molar-refractivity contribution in [3.63, 3.8) is 0 Å². The van der Waals surface area contributed by atoms with Gasteiger partial charge in [0.25, 0.3) is 0 Å². The minimum atomic E-state index is -0.602. The molecule has 1 atom stereocenters. The van der Waals surface area contributed by atoms with Crippen LogP contribution in [0.5, 0.6) is 5.75 Å². The van der Waals surface area contributed by atoms with Crippen LogP contribution < -0.4 is 10.1 Å². The van der Waals surface area contributed by atoms with Crippen LogP contribution in [0.25, 0.3) is 0 Å². The first-order valence-electron chi connectivity index (χ1n) is 8.29. The van der Waals surface area contributed by atoms with Crippen LogP contribution in [0.2, 0.25) is 5.02 Å². The van der Waals surface area contributed by atoms with E-state index in [1.165, 1.54) is 48.0 Å². The average molecular weight is 422 g/mol. The van der Waals surface area contributed by atoms with E-state index in [2.05, 4.69) is 10.3 Å². The molecule has 0 saturated carbocycles. The van der Waals surface area contributed by atoms with Gasteiger partial charge in [-0.2, -0.15) is 0 Å². The van der Waals surface area contributed by atoms with Gasteiger partial charge in [-0.15, -0.1) is 0 Å². The molecular weight excluding hydrogens is 405 g/mol. The molecule has 0 radical (unpaired) electrons. The van der Waals surface area contributed by atoms with Gasteiger partial charge in [0.1, 0.15) is 16.8 Å². The summed E-state index contributed by atoms with van der Waals surface area (Å²) in [6, 6.07) is 10.5. The van der Waals surface area contributed by atoms with E-state index in [1.807, 2.05) is 0 Å². The molecule has 0 spiro atoms. The van der Waals surface area contributed by atoms with Gasteiger partial charge in [0.15, 0.2) is 5.17 Å². The minimum absolute atomic E-state index is 0.0358. The highest BCUT2D eigenvalue weighted by atomic mass is 35.5. The molecule has 1 aliphatic rings. The molecule has 1 saturated heterocycles. The number of carbonyl (C=O) groups excluding carboxylic acids is 2. The highest BCUT2D eigenvalue weighted by Gasteiger charge is 2.37. The van der Waals surface area contributed by atoms with Crippen molar-refractivity contribution in [2.75, 3.05) is 19.5 Å². The number of amides is 2. The highest BCUT2D eigenvalue weighted by molar-refractivity contribution is 8.15. The van der Waals surface area contributed by atoms with Crippen molar-refractivity contribution in [3.05, 3.63) is 53.3 Å². The zero-order valence-electron chi connectivity index (χ0n) is 15.1. The molecule has 3 rings (SSSR count). The van der Waals surface area contributed by atoms with Crippen LogP contribution in [-0.4, -0.2) is 41.3 Å². The number of rotatable bonds is 5. The molecule has 1 heterocycles. The Morgan fingerprint density at radius 3 is 2.71 bits per heavy atom. The van der Waals surface area contributed by atoms with Crippen molar-refractivity contribution in [1.29, 1.82) is 0 Å². The molecule has 2 aromatic rings. The number of benzene rings is 2. The van der Waals surface area contributed by atoms with E-state index in [9.17, 15) is 14.0 Å². The number of thioether (sulfide) groups is 1. The molecule has 2 aromatic carbocycles. The molecule has 1 N–H and O–H groups in total. The maximum Gasteiger partial charge on any atom is 0.242 e. The van der Waals surface area contributed by atoms with Crippen molar-refractivity contribution in [3.8, 4) is 5.75 Å². The number of ether oxygens (including phenoxy) is 1. The zero-order valence-corrected chi connectivity index (χ0v) is 16.7. The number of aliphatic imine (C=N–C) groups is 1. The number of hydrogen-bond acceptors (Lipinski definition) is 5. The van der Waals surface area contributed by atoms with Crippen LogP contribution >= 0.6 is 23.4 Å². The lowest BCUT2D eigenvalue weighted by molar-refractivity contribution is -0.127. The van der Waals surface area contributed by atoms with Crippen molar-refractivity contribution < 1.29 is 18.7 Å². The van der Waals surface area contributed by atoms with Gasteiger partial charge in [0.2, 0.25) is 11.8 Å². The van der Waals surface area contributed by atoms with E-state index in [4.69, 9.17) is 16.3 Å². The van der Waals surface area contributed by atoms with Crippen molar-refractivity contribution in [2.45, 2.75) is 11.7 Å². The molecule has 2 amide bonds. The average Bonchev–Trinajstić information content (AvgIpc) is 2.91. The summed E-state index contributed by atoms with van der Waals surface area (Å²) in [7, 11) is 3.08. The fraction of sp³-hybridized carbons (Fsp3) is 0.211. The molecule has 0 unspecified atom stereocenters. The number of amidine groups is 1. The Morgan fingerprint density at radius 1 is 1.32 bits per heavy atom. The first kappa shape index (κ1) is 20.2. The predicted octanol–water partition coefficient (Wildman–Crippen LogP) is 4.08. The van der Waals surface area contributed by atoms with E-state index in [0.29, 0.717) is 27.3 Å². The summed E-state index contributed by atoms with van der Waals surface area (Å²) in [5.41, 5.74) is 0.960. The van der Waals surface area contributed by atoms with Gasteiger partial charge in [-0.1, -0.05) is 23.4 Å². The molecule has 146 valence electrons. The third kappa shape index (κ3) is 4.63. The quantitative estimate of drug-likeness (QED) is 0.789. The lowest BCUT2D eigenvalue weighted by Crippen LogP contribution is -2.30. The lowest BCUT2D eigenvalue weighted by Gasteiger charge is -2.12. The summed E-state index contributed by atoms with van der Waals surface area (Å²) in [6.07, 6.45) is -0.0358. The number of carbonyl (C=O) groups is 2. The first-order valence-corrected chi connectivity index (χ1v) is 9.55. The summed E-state index contributed by atoms with van der Waals surface area (Å²) in [4.78, 5) is 30.6. The Hall–Kier alpha value is -2.58. The van der Waals surface area contributed by atoms with Crippen LogP contribution in [0.4, 0.5) is 15.8 Å². The maximum atomic E-state index is 13.0. The fourth-order valence-corrected chi connectivity index (χ4v) is 3.90. The van der Waals surface area contributed by atoms with E-state index in [0.717, 1.165) is 0 Å². The summed E-state index contributed by atoms with van der Waals surface area (Å²) < 4.78 is 18.2. The van der Waals surface area contributed by atoms with Gasteiger partial charge in [-0.3, -0.25) is 14.5 Å². The van der Waals surface area contributed by atoms with Crippen molar-refractivity contribution in [2.24, 2.45) is 4.99 Å². The second-order valence-corrected chi connectivity index (χ2v) is 7.58. The monoisotopic (exact) mass is 421 g/mol. The number of methoxy groups -OCH3 is 1. The van der Waals surface area contributed by atoms with Gasteiger partial charge in [-0.05, 0) is 42.5 Å². The van der Waals surface area contributed by atoms with E-state index in [-0.39, 0.29) is 24.1 Å². The fourth-order valence-electron chi connectivity index (χ4n) is 2.57. The molecule has 0 aliphatic carbocycles. The summed E-state index contributed by atoms with van der Waals surface area (Å²) >= 11 is 7.16. The Balaban J connectivity index is 1.69. The van der Waals surface area contributed by atoms with Crippen molar-refractivity contribution in [1.82, 2.24) is 4.90 Å². The van der Waals surface area contributed by atoms with Crippen LogP contribution in [0.1, 0.15) is 6.42 Å². The predicted molar refractivity (Wildman–Crippen MR) is 109 cm³/mol. The minimum Gasteiger partial charge on any atom is -0.495 e. The molecule has 1 fully saturated rings. The number of halogens is 2. The van der Waals surface area contributed by atoms with Crippen LogP contribution in [-0.2, 0) is 9.59 Å². The SMILES string of the molecule is COc1ccc(Cl)cc1NC(=O)C[C@@H]1SC(=Nc2ccc(F)cc2)N(C)C1=O. The number of anilines is 1. The summed E-state index contributed by atoms with van der Waals surface area (Å²) in [6.45, 7) is 0. The zero-order chi connectivity index (χ0) is 20.3. The van der Waals surface area contributed by atoms with Gasteiger partial charge in [-0.25, -0.2) is 9.38 Å². The van der Waals surface area contributed by atoms with Gasteiger partial charge in [0.05, 0.1) is 18.5 Å². The maximum absolute atomic E-state index is 13.0. The Bertz CT molecular complexity index is 937. The molecule has 9 heteroatoms. The molecule has 1 aliphatic heterocycles. The second-order valence-electron chi connectivity index (χ2n) is 5.97. The largest absolute Gasteiger partial charge is 0.495 e. The highest BCUT2D eigenvalue weighted by Crippen LogP contribution is 2.32. The summed E-state index contributed by atoms with van der Waals surface area (Å²) in [5.74, 6) is -0.459. The number of nitrogens with zero attached hydrogens (tertiary/aromatic N) is 2. The molecular formula is C19H17ClFN3O3S. The van der Waals surface area contributed by atoms with Crippen molar-refractivity contribution >= 4 is 51.7 Å². The third-order valence-electron chi connectivity index (χ3n) is 4.00. The number of nitrogens with one attached hydrogen (secondary N) is 1. The first-order chi connectivity index (χ1) is 13.4. The topological polar surface area (TPSA) is 71.0 Å². The van der Waals surface area contributed by atoms with Crippen LogP contribution in [0.3, 0.4) is 0 Å². The van der Waals surface area contributed by atoms with Gasteiger partial charge < -0.3 is 10.1 Å². The normalized spacial score (nSPS) is 17.9. The van der Waals surface area contributed by atoms with Gasteiger partial charge in [0, 0.05) is 18.5 Å². The van der Waals surface area contributed by atoms with E-state index >= 15 is 0 Å². The van der Waals surface area contributed by atoms with Crippen LogP contribution in [0, 0.1) is 5.82 Å². The Labute approximate surface area is 170 Å². The molecule has 6 nitrogen and oxygen atoms in total. The smallest absolute Gasteiger partial charge is 0.242 e. The molecule has 0 aromatic heterocycles. The third-order valence-corrected chi connectivity index (χ3v) is 5.46.